The summed E-state index contributed by atoms with van der Waals surface area (Å²) in [6.07, 6.45) is 5.28. The number of nitrogens with zero attached hydrogens (tertiary/aromatic N) is 3. The molecule has 1 unspecified atom stereocenters. The summed E-state index contributed by atoms with van der Waals surface area (Å²) in [6.45, 7) is 12.2. The van der Waals surface area contributed by atoms with Crippen LogP contribution in [0.4, 0.5) is 4.79 Å². The molecule has 2 saturated heterocycles. The van der Waals surface area contributed by atoms with E-state index in [4.69, 9.17) is 9.47 Å². The molecule has 0 radical (unpaired) electrons. The van der Waals surface area contributed by atoms with Crippen molar-refractivity contribution in [2.24, 2.45) is 10.9 Å². The standard InChI is InChI=1S/C22H43N5O3.HI/c1-22(2,3)30-21(28)27-12-6-7-18(17-27)8-11-24-20(23-4)25-19-9-13-26(14-10-19)15-16-29-5;/h18-19H,6-17H2,1-5H3,(H2,23,24,25);1H. The van der Waals surface area contributed by atoms with Gasteiger partial charge in [-0.25, -0.2) is 4.79 Å². The van der Waals surface area contributed by atoms with E-state index >= 15 is 0 Å². The van der Waals surface area contributed by atoms with E-state index in [1.807, 2.05) is 32.7 Å². The Morgan fingerprint density at radius 1 is 1.16 bits per heavy atom. The molecule has 0 aromatic rings. The molecule has 0 bridgehead atoms. The van der Waals surface area contributed by atoms with Crippen LogP contribution in [0.1, 0.15) is 52.9 Å². The van der Waals surface area contributed by atoms with E-state index in [9.17, 15) is 4.79 Å². The van der Waals surface area contributed by atoms with Crippen molar-refractivity contribution in [3.8, 4) is 0 Å². The number of ether oxygens (including phenoxy) is 2. The number of nitrogens with one attached hydrogen (secondary N) is 2. The van der Waals surface area contributed by atoms with Crippen LogP contribution in [0.25, 0.3) is 0 Å². The third kappa shape index (κ3) is 11.1. The first-order valence-electron chi connectivity index (χ1n) is 11.5. The van der Waals surface area contributed by atoms with E-state index < -0.39 is 5.60 Å². The highest BCUT2D eigenvalue weighted by atomic mass is 127. The average molecular weight is 554 g/mol. The number of aliphatic imine (C=N–C) groups is 1. The van der Waals surface area contributed by atoms with E-state index in [1.165, 1.54) is 0 Å². The number of guanidine groups is 1. The molecule has 2 rings (SSSR count). The number of piperidine rings is 2. The maximum Gasteiger partial charge on any atom is 0.410 e. The van der Waals surface area contributed by atoms with Crippen LogP contribution in [0.2, 0.25) is 0 Å². The second kappa shape index (κ2) is 14.4. The number of rotatable bonds is 7. The van der Waals surface area contributed by atoms with Gasteiger partial charge in [0.05, 0.1) is 6.61 Å². The van der Waals surface area contributed by atoms with Crippen molar-refractivity contribution in [3.63, 3.8) is 0 Å². The highest BCUT2D eigenvalue weighted by Crippen LogP contribution is 2.21. The van der Waals surface area contributed by atoms with Crippen LogP contribution in [-0.2, 0) is 9.47 Å². The zero-order valence-corrected chi connectivity index (χ0v) is 22.4. The van der Waals surface area contributed by atoms with Crippen LogP contribution >= 0.6 is 24.0 Å². The number of halogens is 1. The van der Waals surface area contributed by atoms with Gasteiger partial charge in [-0.1, -0.05) is 0 Å². The fourth-order valence-electron chi connectivity index (χ4n) is 4.10. The summed E-state index contributed by atoms with van der Waals surface area (Å²) < 4.78 is 10.7. The maximum absolute atomic E-state index is 12.3. The van der Waals surface area contributed by atoms with Crippen molar-refractivity contribution >= 4 is 36.0 Å². The monoisotopic (exact) mass is 553 g/mol. The summed E-state index contributed by atoms with van der Waals surface area (Å²) in [4.78, 5) is 21.1. The van der Waals surface area contributed by atoms with E-state index in [2.05, 4.69) is 20.5 Å². The van der Waals surface area contributed by atoms with E-state index in [0.29, 0.717) is 12.0 Å². The zero-order chi connectivity index (χ0) is 22.0. The Balaban J connectivity index is 0.00000480. The second-order valence-electron chi connectivity index (χ2n) is 9.48. The minimum atomic E-state index is -0.441. The Morgan fingerprint density at radius 2 is 1.87 bits per heavy atom. The molecule has 31 heavy (non-hydrogen) atoms. The van der Waals surface area contributed by atoms with Gasteiger partial charge in [0.25, 0.3) is 0 Å². The summed E-state index contributed by atoms with van der Waals surface area (Å²) in [7, 11) is 3.58. The molecular formula is C22H44IN5O3. The lowest BCUT2D eigenvalue weighted by Crippen LogP contribution is -2.49. The van der Waals surface area contributed by atoms with Crippen LogP contribution < -0.4 is 10.6 Å². The molecule has 182 valence electrons. The highest BCUT2D eigenvalue weighted by molar-refractivity contribution is 14.0. The van der Waals surface area contributed by atoms with Crippen LogP contribution in [0.15, 0.2) is 4.99 Å². The molecule has 0 aromatic heterocycles. The number of methoxy groups -OCH3 is 1. The minimum Gasteiger partial charge on any atom is -0.444 e. The van der Waals surface area contributed by atoms with Crippen molar-refractivity contribution in [1.82, 2.24) is 20.4 Å². The zero-order valence-electron chi connectivity index (χ0n) is 20.1. The lowest BCUT2D eigenvalue weighted by molar-refractivity contribution is 0.0162. The summed E-state index contributed by atoms with van der Waals surface area (Å²) in [5, 5.41) is 7.03. The Morgan fingerprint density at radius 3 is 2.48 bits per heavy atom. The molecular weight excluding hydrogens is 509 g/mol. The third-order valence-corrected chi connectivity index (χ3v) is 5.78. The fraction of sp³-hybridized carbons (Fsp3) is 0.909. The largest absolute Gasteiger partial charge is 0.444 e. The second-order valence-corrected chi connectivity index (χ2v) is 9.48. The number of likely N-dealkylation sites (tertiary alicyclic amines) is 2. The Bertz CT molecular complexity index is 548. The van der Waals surface area contributed by atoms with Gasteiger partial charge in [0, 0.05) is 59.5 Å². The van der Waals surface area contributed by atoms with Gasteiger partial charge in [0.1, 0.15) is 5.60 Å². The van der Waals surface area contributed by atoms with Gasteiger partial charge in [0.15, 0.2) is 5.96 Å². The van der Waals surface area contributed by atoms with Gasteiger partial charge >= 0.3 is 6.09 Å². The summed E-state index contributed by atoms with van der Waals surface area (Å²) in [5.41, 5.74) is -0.441. The van der Waals surface area contributed by atoms with Gasteiger partial charge in [0.2, 0.25) is 0 Å². The SMILES string of the molecule is CN=C(NCCC1CCCN(C(=O)OC(C)(C)C)C1)NC1CCN(CCOC)CC1.I. The molecule has 2 aliphatic rings. The van der Waals surface area contributed by atoms with Gasteiger partial charge < -0.3 is 29.9 Å². The molecule has 0 aromatic carbocycles. The number of hydrogen-bond donors (Lipinski definition) is 2. The fourth-order valence-corrected chi connectivity index (χ4v) is 4.10. The predicted molar refractivity (Wildman–Crippen MR) is 136 cm³/mol. The number of carbonyl (C=O) groups is 1. The molecule has 0 spiro atoms. The first kappa shape index (κ1) is 28.2. The molecule has 1 atom stereocenters. The first-order valence-corrected chi connectivity index (χ1v) is 11.5. The lowest BCUT2D eigenvalue weighted by atomic mass is 9.95. The minimum absolute atomic E-state index is 0. The number of hydrogen-bond acceptors (Lipinski definition) is 5. The molecule has 0 saturated carbocycles. The molecule has 0 aliphatic carbocycles. The summed E-state index contributed by atoms with van der Waals surface area (Å²) >= 11 is 0. The highest BCUT2D eigenvalue weighted by Gasteiger charge is 2.27. The molecule has 2 N–H and O–H groups in total. The molecule has 2 aliphatic heterocycles. The van der Waals surface area contributed by atoms with Crippen LogP contribution in [0, 0.1) is 5.92 Å². The lowest BCUT2D eigenvalue weighted by Gasteiger charge is -2.34. The van der Waals surface area contributed by atoms with Crippen molar-refractivity contribution in [3.05, 3.63) is 0 Å². The van der Waals surface area contributed by atoms with Gasteiger partial charge in [-0.05, 0) is 58.8 Å². The van der Waals surface area contributed by atoms with Crippen LogP contribution in [0.5, 0.6) is 0 Å². The predicted octanol–water partition coefficient (Wildman–Crippen LogP) is 2.92. The molecule has 1 amide bonds. The summed E-state index contributed by atoms with van der Waals surface area (Å²) in [5.74, 6) is 1.38. The van der Waals surface area contributed by atoms with E-state index in [-0.39, 0.29) is 30.1 Å². The van der Waals surface area contributed by atoms with Crippen molar-refractivity contribution in [2.45, 2.75) is 64.5 Å². The topological polar surface area (TPSA) is 78.4 Å². The van der Waals surface area contributed by atoms with Crippen molar-refractivity contribution in [1.29, 1.82) is 0 Å². The van der Waals surface area contributed by atoms with E-state index in [1.54, 1.807) is 7.11 Å². The Hall–Kier alpha value is -0.810. The quantitative estimate of drug-likeness (QED) is 0.287. The molecule has 2 fully saturated rings. The molecule has 2 heterocycles. The third-order valence-electron chi connectivity index (χ3n) is 5.78. The molecule has 8 nitrogen and oxygen atoms in total. The van der Waals surface area contributed by atoms with Crippen molar-refractivity contribution in [2.75, 3.05) is 60.0 Å². The average Bonchev–Trinajstić information content (AvgIpc) is 2.71. The smallest absolute Gasteiger partial charge is 0.410 e. The van der Waals surface area contributed by atoms with Gasteiger partial charge in [-0.3, -0.25) is 4.99 Å². The normalized spacial score (nSPS) is 21.4. The van der Waals surface area contributed by atoms with Crippen LogP contribution in [0.3, 0.4) is 0 Å². The number of carbonyl (C=O) groups excluding carboxylic acids is 1. The Kier molecular flexibility index (Phi) is 13.1. The van der Waals surface area contributed by atoms with Gasteiger partial charge in [-0.15, -0.1) is 24.0 Å². The van der Waals surface area contributed by atoms with Crippen LogP contribution in [-0.4, -0.2) is 93.5 Å². The Labute approximate surface area is 205 Å². The first-order chi connectivity index (χ1) is 14.3. The maximum atomic E-state index is 12.3. The van der Waals surface area contributed by atoms with Gasteiger partial charge in [-0.2, -0.15) is 0 Å². The molecule has 9 heteroatoms. The number of amides is 1. The van der Waals surface area contributed by atoms with Crippen molar-refractivity contribution < 1.29 is 14.3 Å². The summed E-state index contributed by atoms with van der Waals surface area (Å²) in [6, 6.07) is 0.465. The van der Waals surface area contributed by atoms with E-state index in [0.717, 1.165) is 83.9 Å².